The summed E-state index contributed by atoms with van der Waals surface area (Å²) in [5, 5.41) is 0. The summed E-state index contributed by atoms with van der Waals surface area (Å²) in [6.07, 6.45) is 12.1. The van der Waals surface area contributed by atoms with Crippen molar-refractivity contribution in [2.45, 2.75) is 6.42 Å². The van der Waals surface area contributed by atoms with Gasteiger partial charge >= 0.3 is 0 Å². The number of allylic oxidation sites excluding steroid dienone is 1. The number of hydrogen-bond acceptors (Lipinski definition) is 2. The third kappa shape index (κ3) is 1.77. The molecule has 2 heterocycles. The predicted octanol–water partition coefficient (Wildman–Crippen LogP) is 2.37. The van der Waals surface area contributed by atoms with Crippen LogP contribution < -0.4 is 0 Å². The van der Waals surface area contributed by atoms with Crippen LogP contribution in [0.2, 0.25) is 0 Å². The molecule has 2 aromatic heterocycles. The monoisotopic (exact) mass is 207 g/mol. The Hall–Kier alpha value is -1.35. The molecule has 2 aromatic rings. The van der Waals surface area contributed by atoms with Crippen molar-refractivity contribution in [3.05, 3.63) is 36.6 Å². The topological polar surface area (TPSA) is 30.2 Å². The number of hydrogen-bond donors (Lipinski definition) is 0. The number of rotatable bonds is 3. The van der Waals surface area contributed by atoms with Crippen molar-refractivity contribution in [1.82, 2.24) is 14.4 Å². The van der Waals surface area contributed by atoms with Crippen LogP contribution in [-0.2, 0) is 0 Å². The largest absolute Gasteiger partial charge is 0.297 e. The molecule has 72 valence electrons. The molecule has 0 radical (unpaired) electrons. The standard InChI is InChI=1S/C10H10ClN3/c11-4-2-1-3-9-7-13-10-8-12-5-6-14(9)10/h1,3,5-8H,2,4H2. The summed E-state index contributed by atoms with van der Waals surface area (Å²) in [7, 11) is 0. The van der Waals surface area contributed by atoms with Gasteiger partial charge in [-0.2, -0.15) is 0 Å². The van der Waals surface area contributed by atoms with E-state index in [0.29, 0.717) is 5.88 Å². The van der Waals surface area contributed by atoms with Crippen molar-refractivity contribution >= 4 is 23.3 Å². The van der Waals surface area contributed by atoms with Crippen LogP contribution in [0.3, 0.4) is 0 Å². The van der Waals surface area contributed by atoms with Crippen LogP contribution in [0.5, 0.6) is 0 Å². The van der Waals surface area contributed by atoms with Crippen LogP contribution in [0.1, 0.15) is 12.1 Å². The Morgan fingerprint density at radius 2 is 2.36 bits per heavy atom. The molecular formula is C10H10ClN3. The molecule has 0 saturated heterocycles. The Morgan fingerprint density at radius 1 is 1.43 bits per heavy atom. The van der Waals surface area contributed by atoms with Crippen LogP contribution in [0.15, 0.2) is 30.9 Å². The first-order valence-corrected chi connectivity index (χ1v) is 4.95. The normalized spacial score (nSPS) is 11.5. The van der Waals surface area contributed by atoms with Crippen LogP contribution >= 0.6 is 11.6 Å². The number of nitrogens with zero attached hydrogens (tertiary/aromatic N) is 3. The summed E-state index contributed by atoms with van der Waals surface area (Å²) in [5.74, 6) is 0.648. The van der Waals surface area contributed by atoms with Gasteiger partial charge in [-0.3, -0.25) is 9.38 Å². The Morgan fingerprint density at radius 3 is 3.21 bits per heavy atom. The minimum absolute atomic E-state index is 0.648. The zero-order valence-corrected chi connectivity index (χ0v) is 8.35. The molecule has 0 aromatic carbocycles. The Kier molecular flexibility index (Phi) is 2.79. The lowest BCUT2D eigenvalue weighted by Gasteiger charge is -1.93. The van der Waals surface area contributed by atoms with Crippen molar-refractivity contribution in [1.29, 1.82) is 0 Å². The second kappa shape index (κ2) is 4.24. The number of alkyl halides is 1. The molecule has 0 aliphatic heterocycles. The highest BCUT2D eigenvalue weighted by atomic mass is 35.5. The van der Waals surface area contributed by atoms with Gasteiger partial charge in [0.1, 0.15) is 0 Å². The van der Waals surface area contributed by atoms with Gasteiger partial charge in [0, 0.05) is 18.3 Å². The van der Waals surface area contributed by atoms with Crippen LogP contribution in [0, 0.1) is 0 Å². The maximum Gasteiger partial charge on any atom is 0.155 e. The smallest absolute Gasteiger partial charge is 0.155 e. The second-order valence-electron chi connectivity index (χ2n) is 2.87. The molecule has 0 unspecified atom stereocenters. The summed E-state index contributed by atoms with van der Waals surface area (Å²) >= 11 is 5.58. The maximum absolute atomic E-state index is 5.58. The van der Waals surface area contributed by atoms with Gasteiger partial charge in [-0.1, -0.05) is 6.08 Å². The maximum atomic E-state index is 5.58. The van der Waals surface area contributed by atoms with Gasteiger partial charge in [-0.25, -0.2) is 4.98 Å². The Balaban J connectivity index is 2.34. The zero-order valence-electron chi connectivity index (χ0n) is 7.60. The lowest BCUT2D eigenvalue weighted by atomic mass is 10.3. The van der Waals surface area contributed by atoms with Gasteiger partial charge in [0.2, 0.25) is 0 Å². The number of aromatic nitrogens is 3. The predicted molar refractivity (Wildman–Crippen MR) is 57.4 cm³/mol. The Bertz CT molecular complexity index is 447. The van der Waals surface area contributed by atoms with E-state index in [4.69, 9.17) is 11.6 Å². The van der Waals surface area contributed by atoms with E-state index in [1.165, 1.54) is 0 Å². The van der Waals surface area contributed by atoms with E-state index in [1.807, 2.05) is 28.9 Å². The number of fused-ring (bicyclic) bond motifs is 1. The van der Waals surface area contributed by atoms with E-state index >= 15 is 0 Å². The molecule has 2 rings (SSSR count). The first-order valence-electron chi connectivity index (χ1n) is 4.41. The van der Waals surface area contributed by atoms with E-state index in [2.05, 4.69) is 9.97 Å². The highest BCUT2D eigenvalue weighted by Gasteiger charge is 1.97. The van der Waals surface area contributed by atoms with Crippen molar-refractivity contribution in [3.8, 4) is 0 Å². The van der Waals surface area contributed by atoms with Gasteiger partial charge in [-0.15, -0.1) is 11.6 Å². The summed E-state index contributed by atoms with van der Waals surface area (Å²) in [6, 6.07) is 0. The van der Waals surface area contributed by atoms with Gasteiger partial charge in [0.05, 0.1) is 18.1 Å². The molecule has 0 aliphatic carbocycles. The van der Waals surface area contributed by atoms with E-state index in [0.717, 1.165) is 17.8 Å². The molecular weight excluding hydrogens is 198 g/mol. The quantitative estimate of drug-likeness (QED) is 0.724. The van der Waals surface area contributed by atoms with Crippen molar-refractivity contribution < 1.29 is 0 Å². The summed E-state index contributed by atoms with van der Waals surface area (Å²) in [5.41, 5.74) is 1.91. The van der Waals surface area contributed by atoms with Crippen molar-refractivity contribution in [2.75, 3.05) is 5.88 Å². The molecule has 0 saturated carbocycles. The highest BCUT2D eigenvalue weighted by molar-refractivity contribution is 6.17. The molecule has 0 fully saturated rings. The molecule has 0 N–H and O–H groups in total. The third-order valence-electron chi connectivity index (χ3n) is 1.91. The van der Waals surface area contributed by atoms with Gasteiger partial charge in [-0.05, 0) is 12.5 Å². The van der Waals surface area contributed by atoms with Crippen molar-refractivity contribution in [2.24, 2.45) is 0 Å². The van der Waals surface area contributed by atoms with Crippen molar-refractivity contribution in [3.63, 3.8) is 0 Å². The number of imidazole rings is 1. The van der Waals surface area contributed by atoms with Crippen LogP contribution in [0.25, 0.3) is 11.7 Å². The molecule has 4 heteroatoms. The molecule has 0 bridgehead atoms. The average molecular weight is 208 g/mol. The summed E-state index contributed by atoms with van der Waals surface area (Å²) in [4.78, 5) is 8.21. The molecule has 14 heavy (non-hydrogen) atoms. The fraction of sp³-hybridized carbons (Fsp3) is 0.200. The van der Waals surface area contributed by atoms with E-state index in [9.17, 15) is 0 Å². The molecule has 0 amide bonds. The lowest BCUT2D eigenvalue weighted by molar-refractivity contribution is 1.11. The fourth-order valence-corrected chi connectivity index (χ4v) is 1.38. The van der Waals surface area contributed by atoms with E-state index in [-0.39, 0.29) is 0 Å². The molecule has 0 atom stereocenters. The molecule has 0 spiro atoms. The third-order valence-corrected chi connectivity index (χ3v) is 2.13. The lowest BCUT2D eigenvalue weighted by Crippen LogP contribution is -1.86. The minimum Gasteiger partial charge on any atom is -0.297 e. The highest BCUT2D eigenvalue weighted by Crippen LogP contribution is 2.06. The Labute approximate surface area is 87.1 Å². The zero-order chi connectivity index (χ0) is 9.80. The first-order chi connectivity index (χ1) is 6.92. The summed E-state index contributed by atoms with van der Waals surface area (Å²) in [6.45, 7) is 0. The fourth-order valence-electron chi connectivity index (χ4n) is 1.25. The van der Waals surface area contributed by atoms with Gasteiger partial charge in [0.15, 0.2) is 5.65 Å². The van der Waals surface area contributed by atoms with Crippen LogP contribution in [-0.4, -0.2) is 20.2 Å². The van der Waals surface area contributed by atoms with E-state index in [1.54, 1.807) is 12.4 Å². The van der Waals surface area contributed by atoms with Crippen LogP contribution in [0.4, 0.5) is 0 Å². The molecule has 0 aliphatic rings. The molecule has 3 nitrogen and oxygen atoms in total. The summed E-state index contributed by atoms with van der Waals surface area (Å²) < 4.78 is 1.98. The minimum atomic E-state index is 0.648. The van der Waals surface area contributed by atoms with E-state index < -0.39 is 0 Å². The van der Waals surface area contributed by atoms with Gasteiger partial charge < -0.3 is 0 Å². The second-order valence-corrected chi connectivity index (χ2v) is 3.25. The first kappa shape index (κ1) is 9.21. The SMILES string of the molecule is ClCCC=Cc1cnc2cnccn12. The van der Waals surface area contributed by atoms with Gasteiger partial charge in [0.25, 0.3) is 0 Å². The number of halogens is 1. The average Bonchev–Trinajstić information content (AvgIpc) is 2.63.